The highest BCUT2D eigenvalue weighted by Gasteiger charge is 2.25. The fourth-order valence-corrected chi connectivity index (χ4v) is 2.35. The second kappa shape index (κ2) is 4.97. The first-order valence-electron chi connectivity index (χ1n) is 6.03. The lowest BCUT2D eigenvalue weighted by molar-refractivity contribution is 0.128. The molecule has 0 saturated carbocycles. The Labute approximate surface area is 96.9 Å². The zero-order chi connectivity index (χ0) is 11.5. The van der Waals surface area contributed by atoms with Gasteiger partial charge in [0.25, 0.3) is 0 Å². The third kappa shape index (κ3) is 2.83. The molecule has 2 heterocycles. The molecule has 0 amide bonds. The van der Waals surface area contributed by atoms with Gasteiger partial charge in [-0.05, 0) is 37.8 Å². The van der Waals surface area contributed by atoms with Crippen LogP contribution in [0.15, 0.2) is 12.4 Å². The van der Waals surface area contributed by atoms with Crippen molar-refractivity contribution in [2.24, 2.45) is 13.0 Å². The second-order valence-corrected chi connectivity index (χ2v) is 4.86. The topological polar surface area (TPSA) is 41.3 Å². The van der Waals surface area contributed by atoms with Gasteiger partial charge in [0.2, 0.25) is 0 Å². The number of aromatic nitrogens is 2. The summed E-state index contributed by atoms with van der Waals surface area (Å²) in [4.78, 5) is 2.43. The van der Waals surface area contributed by atoms with Crippen molar-refractivity contribution < 1.29 is 5.11 Å². The lowest BCUT2D eigenvalue weighted by atomic mass is 10.0. The smallest absolute Gasteiger partial charge is 0.0552 e. The summed E-state index contributed by atoms with van der Waals surface area (Å²) in [5, 5.41) is 13.7. The van der Waals surface area contributed by atoms with Gasteiger partial charge < -0.3 is 10.0 Å². The van der Waals surface area contributed by atoms with Crippen LogP contribution < -0.4 is 0 Å². The first kappa shape index (κ1) is 11.6. The highest BCUT2D eigenvalue weighted by atomic mass is 16.3. The van der Waals surface area contributed by atoms with Crippen LogP contribution in [0.1, 0.15) is 18.9 Å². The number of likely N-dealkylation sites (tertiary alicyclic amines) is 1. The van der Waals surface area contributed by atoms with Crippen LogP contribution in [0.5, 0.6) is 0 Å². The van der Waals surface area contributed by atoms with Crippen molar-refractivity contribution in [3.05, 3.63) is 18.0 Å². The van der Waals surface area contributed by atoms with Crippen LogP contribution in [0.2, 0.25) is 0 Å². The number of aryl methyl sites for hydroxylation is 1. The fraction of sp³-hybridized carbons (Fsp3) is 0.750. The predicted molar refractivity (Wildman–Crippen MR) is 63.1 cm³/mol. The molecule has 1 N–H and O–H groups in total. The normalized spacial score (nSPS) is 23.8. The Morgan fingerprint density at radius 1 is 1.62 bits per heavy atom. The van der Waals surface area contributed by atoms with Crippen LogP contribution in [-0.2, 0) is 13.5 Å². The van der Waals surface area contributed by atoms with E-state index in [-0.39, 0.29) is 6.10 Å². The summed E-state index contributed by atoms with van der Waals surface area (Å²) in [5.41, 5.74) is 1.29. The van der Waals surface area contributed by atoms with Crippen LogP contribution >= 0.6 is 0 Å². The molecule has 0 radical (unpaired) electrons. The molecular weight excluding hydrogens is 202 g/mol. The standard InChI is InChI=1S/C12H21N3O/c1-10(16)12-4-6-15(9-12)5-3-11-7-13-14(2)8-11/h7-8,10,12,16H,3-6,9H2,1-2H3. The van der Waals surface area contributed by atoms with E-state index in [1.54, 1.807) is 0 Å². The van der Waals surface area contributed by atoms with E-state index in [0.29, 0.717) is 5.92 Å². The Bertz CT molecular complexity index is 335. The van der Waals surface area contributed by atoms with Crippen LogP contribution in [-0.4, -0.2) is 45.5 Å². The minimum absolute atomic E-state index is 0.164. The Balaban J connectivity index is 1.75. The number of aliphatic hydroxyl groups excluding tert-OH is 1. The van der Waals surface area contributed by atoms with Gasteiger partial charge in [0, 0.05) is 26.3 Å². The van der Waals surface area contributed by atoms with Gasteiger partial charge >= 0.3 is 0 Å². The summed E-state index contributed by atoms with van der Waals surface area (Å²) in [5.74, 6) is 0.467. The van der Waals surface area contributed by atoms with Crippen molar-refractivity contribution in [3.63, 3.8) is 0 Å². The number of hydrogen-bond donors (Lipinski definition) is 1. The third-order valence-corrected chi connectivity index (χ3v) is 3.47. The van der Waals surface area contributed by atoms with Gasteiger partial charge in [0.15, 0.2) is 0 Å². The van der Waals surface area contributed by atoms with Crippen molar-refractivity contribution in [3.8, 4) is 0 Å². The van der Waals surface area contributed by atoms with Gasteiger partial charge in [-0.3, -0.25) is 4.68 Å². The Morgan fingerprint density at radius 3 is 3.00 bits per heavy atom. The number of nitrogens with zero attached hydrogens (tertiary/aromatic N) is 3. The first-order chi connectivity index (χ1) is 7.65. The van der Waals surface area contributed by atoms with Crippen molar-refractivity contribution in [1.29, 1.82) is 0 Å². The van der Waals surface area contributed by atoms with Gasteiger partial charge in [-0.1, -0.05) is 0 Å². The minimum Gasteiger partial charge on any atom is -0.393 e. The molecule has 2 unspecified atom stereocenters. The largest absolute Gasteiger partial charge is 0.393 e. The van der Waals surface area contributed by atoms with Crippen LogP contribution in [0.3, 0.4) is 0 Å². The summed E-state index contributed by atoms with van der Waals surface area (Å²) >= 11 is 0. The van der Waals surface area contributed by atoms with E-state index in [4.69, 9.17) is 0 Å². The van der Waals surface area contributed by atoms with Crippen molar-refractivity contribution in [1.82, 2.24) is 14.7 Å². The molecule has 1 aliphatic rings. The molecule has 0 aromatic carbocycles. The molecule has 1 aromatic heterocycles. The fourth-order valence-electron chi connectivity index (χ4n) is 2.35. The zero-order valence-corrected chi connectivity index (χ0v) is 10.1. The highest BCUT2D eigenvalue weighted by Crippen LogP contribution is 2.19. The van der Waals surface area contributed by atoms with Crippen LogP contribution in [0, 0.1) is 5.92 Å². The number of hydrogen-bond acceptors (Lipinski definition) is 3. The summed E-state index contributed by atoms with van der Waals surface area (Å²) in [6.07, 6.45) is 6.03. The molecule has 4 heteroatoms. The second-order valence-electron chi connectivity index (χ2n) is 4.86. The van der Waals surface area contributed by atoms with E-state index in [9.17, 15) is 5.11 Å². The molecule has 1 aromatic rings. The van der Waals surface area contributed by atoms with Crippen molar-refractivity contribution in [2.45, 2.75) is 25.9 Å². The minimum atomic E-state index is -0.164. The molecule has 0 aliphatic carbocycles. The lowest BCUT2D eigenvalue weighted by Crippen LogP contribution is -2.26. The van der Waals surface area contributed by atoms with Crippen LogP contribution in [0.25, 0.3) is 0 Å². The van der Waals surface area contributed by atoms with Gasteiger partial charge in [0.1, 0.15) is 0 Å². The van der Waals surface area contributed by atoms with E-state index >= 15 is 0 Å². The van der Waals surface area contributed by atoms with Gasteiger partial charge in [-0.25, -0.2) is 0 Å². The van der Waals surface area contributed by atoms with Gasteiger partial charge in [-0.2, -0.15) is 5.10 Å². The lowest BCUT2D eigenvalue weighted by Gasteiger charge is -2.16. The first-order valence-corrected chi connectivity index (χ1v) is 6.03. The molecule has 1 fully saturated rings. The molecule has 2 atom stereocenters. The SMILES string of the molecule is CC(O)C1CCN(CCc2cnn(C)c2)C1. The summed E-state index contributed by atoms with van der Waals surface area (Å²) in [6.45, 7) is 5.14. The Hall–Kier alpha value is -0.870. The molecule has 90 valence electrons. The molecule has 4 nitrogen and oxygen atoms in total. The molecule has 0 spiro atoms. The maximum absolute atomic E-state index is 9.52. The third-order valence-electron chi connectivity index (χ3n) is 3.47. The molecule has 16 heavy (non-hydrogen) atoms. The molecule has 0 bridgehead atoms. The monoisotopic (exact) mass is 223 g/mol. The van der Waals surface area contributed by atoms with Crippen molar-refractivity contribution >= 4 is 0 Å². The van der Waals surface area contributed by atoms with Gasteiger partial charge in [0.05, 0.1) is 12.3 Å². The molecular formula is C12H21N3O. The number of aliphatic hydroxyl groups is 1. The van der Waals surface area contributed by atoms with E-state index < -0.39 is 0 Å². The average Bonchev–Trinajstić information content (AvgIpc) is 2.83. The highest BCUT2D eigenvalue weighted by molar-refractivity contribution is 5.04. The summed E-state index contributed by atoms with van der Waals surface area (Å²) < 4.78 is 1.85. The van der Waals surface area contributed by atoms with Crippen LogP contribution in [0.4, 0.5) is 0 Å². The Kier molecular flexibility index (Phi) is 3.61. The van der Waals surface area contributed by atoms with E-state index in [1.807, 2.05) is 24.9 Å². The maximum atomic E-state index is 9.52. The molecule has 2 rings (SSSR count). The molecule has 1 aliphatic heterocycles. The molecule has 1 saturated heterocycles. The summed E-state index contributed by atoms with van der Waals surface area (Å²) in [6, 6.07) is 0. The quantitative estimate of drug-likeness (QED) is 0.815. The Morgan fingerprint density at radius 2 is 2.44 bits per heavy atom. The maximum Gasteiger partial charge on any atom is 0.0552 e. The summed E-state index contributed by atoms with van der Waals surface area (Å²) in [7, 11) is 1.95. The van der Waals surface area contributed by atoms with E-state index in [1.165, 1.54) is 5.56 Å². The zero-order valence-electron chi connectivity index (χ0n) is 10.1. The van der Waals surface area contributed by atoms with Gasteiger partial charge in [-0.15, -0.1) is 0 Å². The van der Waals surface area contributed by atoms with Crippen molar-refractivity contribution in [2.75, 3.05) is 19.6 Å². The van der Waals surface area contributed by atoms with E-state index in [2.05, 4.69) is 16.2 Å². The predicted octanol–water partition coefficient (Wildman–Crippen LogP) is 0.665. The average molecular weight is 223 g/mol. The number of rotatable bonds is 4. The van der Waals surface area contributed by atoms with E-state index in [0.717, 1.165) is 32.5 Å².